The number of para-hydroxylation sites is 1. The first-order chi connectivity index (χ1) is 14.0. The lowest BCUT2D eigenvalue weighted by Crippen LogP contribution is -2.15. The molecule has 1 heterocycles. The maximum atomic E-state index is 12.5. The molecule has 1 aromatic heterocycles. The third-order valence-corrected chi connectivity index (χ3v) is 4.11. The van der Waals surface area contributed by atoms with Crippen molar-refractivity contribution in [2.45, 2.75) is 0 Å². The van der Waals surface area contributed by atoms with E-state index in [9.17, 15) is 9.59 Å². The number of hydrogen-bond acceptors (Lipinski definition) is 7. The van der Waals surface area contributed by atoms with Crippen LogP contribution in [0.1, 0.15) is 20.8 Å². The first-order valence-electron chi connectivity index (χ1n) is 8.84. The number of esters is 1. The molecule has 0 spiro atoms. The van der Waals surface area contributed by atoms with Crippen LogP contribution in [0.4, 0.5) is 23.0 Å². The van der Waals surface area contributed by atoms with Crippen molar-refractivity contribution < 1.29 is 14.3 Å². The van der Waals surface area contributed by atoms with Crippen LogP contribution in [0.2, 0.25) is 0 Å². The van der Waals surface area contributed by atoms with E-state index in [0.717, 1.165) is 5.69 Å². The molecule has 0 aliphatic heterocycles. The normalized spacial score (nSPS) is 10.2. The summed E-state index contributed by atoms with van der Waals surface area (Å²) in [6, 6.07) is 15.8. The number of carbonyl (C=O) groups is 2. The largest absolute Gasteiger partial charge is 0.465 e. The van der Waals surface area contributed by atoms with Crippen LogP contribution in [0.3, 0.4) is 0 Å². The Morgan fingerprint density at radius 3 is 2.41 bits per heavy atom. The Bertz CT molecular complexity index is 1020. The average molecular weight is 391 g/mol. The Kier molecular flexibility index (Phi) is 6.03. The minimum absolute atomic E-state index is 0.190. The van der Waals surface area contributed by atoms with E-state index >= 15 is 0 Å². The fourth-order valence-corrected chi connectivity index (χ4v) is 2.58. The van der Waals surface area contributed by atoms with Gasteiger partial charge in [-0.25, -0.2) is 14.8 Å². The lowest BCUT2D eigenvalue weighted by molar-refractivity contribution is 0.0601. The molecule has 3 aromatic rings. The van der Waals surface area contributed by atoms with E-state index in [1.807, 2.05) is 43.3 Å². The van der Waals surface area contributed by atoms with Gasteiger partial charge in [-0.05, 0) is 42.5 Å². The Morgan fingerprint density at radius 1 is 1.00 bits per heavy atom. The average Bonchev–Trinajstić information content (AvgIpc) is 2.74. The maximum Gasteiger partial charge on any atom is 0.339 e. The van der Waals surface area contributed by atoms with Crippen LogP contribution in [0, 0.1) is 0 Å². The van der Waals surface area contributed by atoms with Gasteiger partial charge in [-0.2, -0.15) is 0 Å². The summed E-state index contributed by atoms with van der Waals surface area (Å²) in [6.45, 7) is 0. The zero-order valence-corrected chi connectivity index (χ0v) is 16.3. The SMILES string of the molecule is COC(=O)c1ccccc1Nc1nccc(C(=O)Nc2ccc(N(C)C)cc2)n1. The molecule has 2 N–H and O–H groups in total. The van der Waals surface area contributed by atoms with Crippen molar-refractivity contribution in [1.29, 1.82) is 0 Å². The van der Waals surface area contributed by atoms with Crippen molar-refractivity contribution in [3.8, 4) is 0 Å². The summed E-state index contributed by atoms with van der Waals surface area (Å²) in [6.07, 6.45) is 1.47. The summed E-state index contributed by atoms with van der Waals surface area (Å²) in [5.41, 5.74) is 2.70. The number of ether oxygens (including phenoxy) is 1. The highest BCUT2D eigenvalue weighted by Gasteiger charge is 2.14. The zero-order chi connectivity index (χ0) is 20.8. The van der Waals surface area contributed by atoms with Gasteiger partial charge in [-0.1, -0.05) is 12.1 Å². The summed E-state index contributed by atoms with van der Waals surface area (Å²) in [5.74, 6) is -0.658. The number of benzene rings is 2. The number of aromatic nitrogens is 2. The molecule has 8 heteroatoms. The van der Waals surface area contributed by atoms with Gasteiger partial charge in [0.25, 0.3) is 5.91 Å². The van der Waals surface area contributed by atoms with Gasteiger partial charge in [0.2, 0.25) is 5.95 Å². The highest BCUT2D eigenvalue weighted by atomic mass is 16.5. The van der Waals surface area contributed by atoms with Crippen molar-refractivity contribution in [3.05, 3.63) is 72.1 Å². The number of rotatable bonds is 6. The Morgan fingerprint density at radius 2 is 1.72 bits per heavy atom. The summed E-state index contributed by atoms with van der Waals surface area (Å²) in [4.78, 5) is 34.8. The molecule has 3 rings (SSSR count). The summed E-state index contributed by atoms with van der Waals surface area (Å²) < 4.78 is 4.78. The number of nitrogens with one attached hydrogen (secondary N) is 2. The third kappa shape index (κ3) is 4.86. The highest BCUT2D eigenvalue weighted by Crippen LogP contribution is 2.20. The Labute approximate surface area is 168 Å². The number of amides is 1. The number of nitrogens with zero attached hydrogens (tertiary/aromatic N) is 3. The van der Waals surface area contributed by atoms with Gasteiger partial charge in [0.15, 0.2) is 0 Å². The van der Waals surface area contributed by atoms with Crippen molar-refractivity contribution >= 4 is 34.9 Å². The second-order valence-corrected chi connectivity index (χ2v) is 6.32. The van der Waals surface area contributed by atoms with Crippen molar-refractivity contribution in [2.24, 2.45) is 0 Å². The van der Waals surface area contributed by atoms with Gasteiger partial charge in [-0.3, -0.25) is 4.79 Å². The number of carbonyl (C=O) groups excluding carboxylic acids is 2. The number of methoxy groups -OCH3 is 1. The third-order valence-electron chi connectivity index (χ3n) is 4.11. The van der Waals surface area contributed by atoms with Gasteiger partial charge in [-0.15, -0.1) is 0 Å². The maximum absolute atomic E-state index is 12.5. The van der Waals surface area contributed by atoms with Gasteiger partial charge in [0.05, 0.1) is 18.4 Å². The molecular weight excluding hydrogens is 370 g/mol. The molecule has 0 unspecified atom stereocenters. The van der Waals surface area contributed by atoms with E-state index in [0.29, 0.717) is 16.9 Å². The molecule has 0 radical (unpaired) electrons. The molecule has 8 nitrogen and oxygen atoms in total. The minimum atomic E-state index is -0.483. The molecule has 0 saturated carbocycles. The summed E-state index contributed by atoms with van der Waals surface area (Å²) >= 11 is 0. The molecule has 1 amide bonds. The van der Waals surface area contributed by atoms with Crippen LogP contribution in [0.25, 0.3) is 0 Å². The molecule has 0 bridgehead atoms. The van der Waals surface area contributed by atoms with Crippen molar-refractivity contribution in [2.75, 3.05) is 36.7 Å². The fraction of sp³-hybridized carbons (Fsp3) is 0.143. The number of hydrogen-bond donors (Lipinski definition) is 2. The van der Waals surface area contributed by atoms with Crippen LogP contribution in [-0.4, -0.2) is 43.0 Å². The second kappa shape index (κ2) is 8.83. The summed E-state index contributed by atoms with van der Waals surface area (Å²) in [5, 5.41) is 5.76. The molecule has 148 valence electrons. The molecule has 0 aliphatic carbocycles. The number of anilines is 4. The minimum Gasteiger partial charge on any atom is -0.465 e. The van der Waals surface area contributed by atoms with Crippen LogP contribution < -0.4 is 15.5 Å². The molecule has 2 aromatic carbocycles. The standard InChI is InChI=1S/C21H21N5O3/c1-26(2)15-10-8-14(9-11-15)23-19(27)18-12-13-22-21(25-18)24-17-7-5-4-6-16(17)20(28)29-3/h4-13H,1-3H3,(H,23,27)(H,22,24,25). The zero-order valence-electron chi connectivity index (χ0n) is 16.3. The van der Waals surface area contributed by atoms with Gasteiger partial charge in [0.1, 0.15) is 5.69 Å². The monoisotopic (exact) mass is 391 g/mol. The van der Waals surface area contributed by atoms with E-state index in [2.05, 4.69) is 20.6 Å². The van der Waals surface area contributed by atoms with Crippen molar-refractivity contribution in [3.63, 3.8) is 0 Å². The lowest BCUT2D eigenvalue weighted by atomic mass is 10.2. The second-order valence-electron chi connectivity index (χ2n) is 6.32. The highest BCUT2D eigenvalue weighted by molar-refractivity contribution is 6.03. The van der Waals surface area contributed by atoms with Crippen LogP contribution in [-0.2, 0) is 4.74 Å². The molecular formula is C21H21N5O3. The van der Waals surface area contributed by atoms with E-state index < -0.39 is 5.97 Å². The topological polar surface area (TPSA) is 96.4 Å². The summed E-state index contributed by atoms with van der Waals surface area (Å²) in [7, 11) is 5.20. The van der Waals surface area contributed by atoms with Gasteiger partial charge < -0.3 is 20.3 Å². The van der Waals surface area contributed by atoms with Crippen molar-refractivity contribution in [1.82, 2.24) is 9.97 Å². The van der Waals surface area contributed by atoms with Gasteiger partial charge in [0, 0.05) is 31.7 Å². The fourth-order valence-electron chi connectivity index (χ4n) is 2.58. The molecule has 29 heavy (non-hydrogen) atoms. The van der Waals surface area contributed by atoms with Crippen LogP contribution >= 0.6 is 0 Å². The smallest absolute Gasteiger partial charge is 0.339 e. The molecule has 0 fully saturated rings. The molecule has 0 aliphatic rings. The van der Waals surface area contributed by atoms with E-state index in [-0.39, 0.29) is 17.5 Å². The first-order valence-corrected chi connectivity index (χ1v) is 8.84. The van der Waals surface area contributed by atoms with E-state index in [1.165, 1.54) is 19.4 Å². The van der Waals surface area contributed by atoms with Crippen LogP contribution in [0.5, 0.6) is 0 Å². The predicted molar refractivity (Wildman–Crippen MR) is 112 cm³/mol. The van der Waals surface area contributed by atoms with E-state index in [4.69, 9.17) is 4.74 Å². The Hall–Kier alpha value is -3.94. The van der Waals surface area contributed by atoms with Crippen LogP contribution in [0.15, 0.2) is 60.8 Å². The van der Waals surface area contributed by atoms with E-state index in [1.54, 1.807) is 24.3 Å². The predicted octanol–water partition coefficient (Wildman–Crippen LogP) is 3.33. The quantitative estimate of drug-likeness (QED) is 0.622. The lowest BCUT2D eigenvalue weighted by Gasteiger charge is -2.13. The molecule has 0 atom stereocenters. The molecule has 0 saturated heterocycles. The van der Waals surface area contributed by atoms with Gasteiger partial charge >= 0.3 is 5.97 Å². The Balaban J connectivity index is 1.76. The first kappa shape index (κ1) is 19.8.